The molecule has 78 valence electrons. The van der Waals surface area contributed by atoms with Crippen LogP contribution < -0.4 is 5.73 Å². The Kier molecular flexibility index (Phi) is 3.70. The molecule has 0 saturated heterocycles. The molecule has 1 atom stereocenters. The van der Waals surface area contributed by atoms with E-state index < -0.39 is 5.60 Å². The van der Waals surface area contributed by atoms with Crippen LogP contribution in [0.25, 0.3) is 0 Å². The van der Waals surface area contributed by atoms with E-state index in [4.69, 9.17) is 5.73 Å². The number of hydrogen-bond acceptors (Lipinski definition) is 2. The molecule has 1 aromatic rings. The fourth-order valence-electron chi connectivity index (χ4n) is 1.39. The van der Waals surface area contributed by atoms with Crippen molar-refractivity contribution in [3.05, 3.63) is 34.3 Å². The highest BCUT2D eigenvalue weighted by Gasteiger charge is 2.18. The van der Waals surface area contributed by atoms with Crippen LogP contribution in [0.4, 0.5) is 0 Å². The van der Waals surface area contributed by atoms with Gasteiger partial charge in [-0.15, -0.1) is 0 Å². The maximum Gasteiger partial charge on any atom is 0.0609 e. The van der Waals surface area contributed by atoms with Crippen molar-refractivity contribution in [2.75, 3.05) is 0 Å². The van der Waals surface area contributed by atoms with Crippen LogP contribution >= 0.6 is 15.9 Å². The summed E-state index contributed by atoms with van der Waals surface area (Å²) in [6.07, 6.45) is 0.559. The third-order valence-electron chi connectivity index (χ3n) is 2.00. The molecule has 0 aliphatic carbocycles. The lowest BCUT2D eigenvalue weighted by Crippen LogP contribution is -2.26. The van der Waals surface area contributed by atoms with Gasteiger partial charge in [0.15, 0.2) is 0 Å². The highest BCUT2D eigenvalue weighted by atomic mass is 79.9. The van der Waals surface area contributed by atoms with Crippen LogP contribution in [0.5, 0.6) is 0 Å². The van der Waals surface area contributed by atoms with Crippen molar-refractivity contribution < 1.29 is 5.11 Å². The Morgan fingerprint density at radius 3 is 2.64 bits per heavy atom. The van der Waals surface area contributed by atoms with Crippen LogP contribution in [-0.4, -0.2) is 10.7 Å². The number of aliphatic hydroxyl groups is 1. The predicted octanol–water partition coefficient (Wildman–Crippen LogP) is 2.61. The van der Waals surface area contributed by atoms with E-state index in [9.17, 15) is 5.11 Å². The Labute approximate surface area is 93.3 Å². The first-order valence-electron chi connectivity index (χ1n) is 4.62. The monoisotopic (exact) mass is 257 g/mol. The van der Waals surface area contributed by atoms with Crippen molar-refractivity contribution in [2.45, 2.75) is 31.9 Å². The molecule has 0 radical (unpaired) electrons. The van der Waals surface area contributed by atoms with E-state index in [1.807, 2.05) is 24.3 Å². The number of hydrogen-bond donors (Lipinski definition) is 2. The van der Waals surface area contributed by atoms with Gasteiger partial charge in [-0.2, -0.15) is 0 Å². The third kappa shape index (κ3) is 3.78. The molecule has 0 saturated carbocycles. The molecule has 0 aliphatic rings. The molecule has 0 spiro atoms. The SMILES string of the molecule is CC(C)(O)CC(N)c1cccc(Br)c1. The summed E-state index contributed by atoms with van der Waals surface area (Å²) in [5.74, 6) is 0. The lowest BCUT2D eigenvalue weighted by molar-refractivity contribution is 0.0635. The van der Waals surface area contributed by atoms with E-state index in [0.29, 0.717) is 6.42 Å². The summed E-state index contributed by atoms with van der Waals surface area (Å²) in [4.78, 5) is 0. The molecule has 0 amide bonds. The van der Waals surface area contributed by atoms with E-state index in [1.165, 1.54) is 0 Å². The first-order chi connectivity index (χ1) is 6.38. The van der Waals surface area contributed by atoms with Crippen LogP contribution in [0.3, 0.4) is 0 Å². The second kappa shape index (κ2) is 4.43. The zero-order valence-corrected chi connectivity index (χ0v) is 10.1. The Morgan fingerprint density at radius 2 is 2.14 bits per heavy atom. The van der Waals surface area contributed by atoms with Crippen LogP contribution in [-0.2, 0) is 0 Å². The number of halogens is 1. The third-order valence-corrected chi connectivity index (χ3v) is 2.49. The van der Waals surface area contributed by atoms with Crippen molar-refractivity contribution >= 4 is 15.9 Å². The Hall–Kier alpha value is -0.380. The lowest BCUT2D eigenvalue weighted by atomic mass is 9.95. The molecule has 1 rings (SSSR count). The van der Waals surface area contributed by atoms with E-state index in [1.54, 1.807) is 13.8 Å². The Balaban J connectivity index is 2.74. The number of benzene rings is 1. The highest BCUT2D eigenvalue weighted by Crippen LogP contribution is 2.23. The summed E-state index contributed by atoms with van der Waals surface area (Å²) >= 11 is 3.39. The van der Waals surface area contributed by atoms with Gasteiger partial charge in [0, 0.05) is 10.5 Å². The molecule has 2 nitrogen and oxygen atoms in total. The zero-order chi connectivity index (χ0) is 10.8. The van der Waals surface area contributed by atoms with Gasteiger partial charge in [-0.25, -0.2) is 0 Å². The number of rotatable bonds is 3. The second-order valence-corrected chi connectivity index (χ2v) is 5.09. The molecule has 3 heteroatoms. The topological polar surface area (TPSA) is 46.2 Å². The highest BCUT2D eigenvalue weighted by molar-refractivity contribution is 9.10. The molecule has 1 aromatic carbocycles. The Bertz CT molecular complexity index is 306. The molecule has 0 aromatic heterocycles. The lowest BCUT2D eigenvalue weighted by Gasteiger charge is -2.22. The van der Waals surface area contributed by atoms with Crippen molar-refractivity contribution in [3.8, 4) is 0 Å². The van der Waals surface area contributed by atoms with Gasteiger partial charge in [-0.1, -0.05) is 28.1 Å². The average Bonchev–Trinajstić information content (AvgIpc) is 2.01. The van der Waals surface area contributed by atoms with E-state index in [-0.39, 0.29) is 6.04 Å². The molecule has 0 heterocycles. The molecule has 0 bridgehead atoms. The molecule has 3 N–H and O–H groups in total. The largest absolute Gasteiger partial charge is 0.390 e. The second-order valence-electron chi connectivity index (χ2n) is 4.18. The van der Waals surface area contributed by atoms with Crippen molar-refractivity contribution in [3.63, 3.8) is 0 Å². The van der Waals surface area contributed by atoms with Crippen molar-refractivity contribution in [1.82, 2.24) is 0 Å². The van der Waals surface area contributed by atoms with Gasteiger partial charge in [0.05, 0.1) is 5.60 Å². The fourth-order valence-corrected chi connectivity index (χ4v) is 1.81. The Morgan fingerprint density at radius 1 is 1.50 bits per heavy atom. The van der Waals surface area contributed by atoms with Gasteiger partial charge in [-0.05, 0) is 38.0 Å². The summed E-state index contributed by atoms with van der Waals surface area (Å²) in [7, 11) is 0. The molecule has 0 aliphatic heterocycles. The molecular formula is C11H16BrNO. The molecule has 14 heavy (non-hydrogen) atoms. The predicted molar refractivity (Wildman–Crippen MR) is 62.0 cm³/mol. The first kappa shape index (κ1) is 11.7. The average molecular weight is 258 g/mol. The van der Waals surface area contributed by atoms with Crippen LogP contribution in [0.1, 0.15) is 31.9 Å². The summed E-state index contributed by atoms with van der Waals surface area (Å²) in [6.45, 7) is 3.54. The zero-order valence-electron chi connectivity index (χ0n) is 8.50. The van der Waals surface area contributed by atoms with Gasteiger partial charge < -0.3 is 10.8 Å². The van der Waals surface area contributed by atoms with Gasteiger partial charge in [0.2, 0.25) is 0 Å². The van der Waals surface area contributed by atoms with Gasteiger partial charge >= 0.3 is 0 Å². The fraction of sp³-hybridized carbons (Fsp3) is 0.455. The summed E-state index contributed by atoms with van der Waals surface area (Å²) in [6, 6.07) is 7.74. The quantitative estimate of drug-likeness (QED) is 0.875. The van der Waals surface area contributed by atoms with Crippen LogP contribution in [0.15, 0.2) is 28.7 Å². The van der Waals surface area contributed by atoms with E-state index in [2.05, 4.69) is 15.9 Å². The normalized spacial score (nSPS) is 14.1. The summed E-state index contributed by atoms with van der Waals surface area (Å²) in [5, 5.41) is 9.63. The minimum absolute atomic E-state index is 0.118. The molecule has 0 fully saturated rings. The van der Waals surface area contributed by atoms with Crippen LogP contribution in [0, 0.1) is 0 Å². The molecular weight excluding hydrogens is 242 g/mol. The summed E-state index contributed by atoms with van der Waals surface area (Å²) in [5.41, 5.74) is 6.29. The minimum Gasteiger partial charge on any atom is -0.390 e. The number of nitrogens with two attached hydrogens (primary N) is 1. The maximum absolute atomic E-state index is 9.63. The van der Waals surface area contributed by atoms with Gasteiger partial charge in [0.25, 0.3) is 0 Å². The van der Waals surface area contributed by atoms with E-state index in [0.717, 1.165) is 10.0 Å². The minimum atomic E-state index is -0.721. The molecule has 1 unspecified atom stereocenters. The standard InChI is InChI=1S/C11H16BrNO/c1-11(2,14)7-10(13)8-4-3-5-9(12)6-8/h3-6,10,14H,7,13H2,1-2H3. The van der Waals surface area contributed by atoms with E-state index >= 15 is 0 Å². The smallest absolute Gasteiger partial charge is 0.0609 e. The first-order valence-corrected chi connectivity index (χ1v) is 5.41. The van der Waals surface area contributed by atoms with Gasteiger partial charge in [0.1, 0.15) is 0 Å². The summed E-state index contributed by atoms with van der Waals surface area (Å²) < 4.78 is 1.01. The van der Waals surface area contributed by atoms with Crippen molar-refractivity contribution in [2.24, 2.45) is 5.73 Å². The van der Waals surface area contributed by atoms with Gasteiger partial charge in [-0.3, -0.25) is 0 Å². The van der Waals surface area contributed by atoms with Crippen LogP contribution in [0.2, 0.25) is 0 Å². The maximum atomic E-state index is 9.63. The van der Waals surface area contributed by atoms with Crippen molar-refractivity contribution in [1.29, 1.82) is 0 Å².